The van der Waals surface area contributed by atoms with Gasteiger partial charge in [-0.1, -0.05) is 0 Å². The lowest BCUT2D eigenvalue weighted by atomic mass is 9.95. The Bertz CT molecular complexity index is 501. The van der Waals surface area contributed by atoms with E-state index in [9.17, 15) is 4.79 Å². The maximum atomic E-state index is 12.2. The molecular weight excluding hydrogens is 282 g/mol. The van der Waals surface area contributed by atoms with Crippen molar-refractivity contribution in [1.82, 2.24) is 15.3 Å². The van der Waals surface area contributed by atoms with Gasteiger partial charge < -0.3 is 20.3 Å². The molecule has 22 heavy (non-hydrogen) atoms. The summed E-state index contributed by atoms with van der Waals surface area (Å²) in [5.74, 6) is 1.39. The fourth-order valence-corrected chi connectivity index (χ4v) is 2.91. The lowest BCUT2D eigenvalue weighted by Crippen LogP contribution is -2.43. The van der Waals surface area contributed by atoms with Crippen LogP contribution in [0.3, 0.4) is 0 Å². The number of hydrogen-bond donors (Lipinski definition) is 2. The summed E-state index contributed by atoms with van der Waals surface area (Å²) < 4.78 is 5.47. The van der Waals surface area contributed by atoms with Crippen LogP contribution in [0.15, 0.2) is 12.4 Å². The van der Waals surface area contributed by atoms with E-state index in [4.69, 9.17) is 4.74 Å². The quantitative estimate of drug-likeness (QED) is 0.853. The summed E-state index contributed by atoms with van der Waals surface area (Å²) >= 11 is 0. The third kappa shape index (κ3) is 3.72. The van der Waals surface area contributed by atoms with E-state index >= 15 is 0 Å². The predicted molar refractivity (Wildman–Crippen MR) is 83.9 cm³/mol. The van der Waals surface area contributed by atoms with Crippen molar-refractivity contribution in [3.05, 3.63) is 12.4 Å². The van der Waals surface area contributed by atoms with Crippen molar-refractivity contribution >= 4 is 17.5 Å². The van der Waals surface area contributed by atoms with Crippen LogP contribution in [0.4, 0.5) is 11.6 Å². The Morgan fingerprint density at radius 2 is 2.18 bits per heavy atom. The van der Waals surface area contributed by atoms with Gasteiger partial charge in [-0.3, -0.25) is 4.79 Å². The number of nitrogens with zero attached hydrogens (tertiary/aromatic N) is 3. The van der Waals surface area contributed by atoms with Gasteiger partial charge in [-0.15, -0.1) is 0 Å². The minimum absolute atomic E-state index is 0.00149. The van der Waals surface area contributed by atoms with Gasteiger partial charge in [-0.25, -0.2) is 9.97 Å². The number of rotatable bonds is 3. The molecule has 2 saturated heterocycles. The highest BCUT2D eigenvalue weighted by molar-refractivity contribution is 5.91. The van der Waals surface area contributed by atoms with E-state index in [1.807, 2.05) is 6.92 Å². The smallest absolute Gasteiger partial charge is 0.228 e. The van der Waals surface area contributed by atoms with E-state index in [1.54, 1.807) is 12.4 Å². The Morgan fingerprint density at radius 1 is 1.36 bits per heavy atom. The number of hydrogen-bond acceptors (Lipinski definition) is 6. The lowest BCUT2D eigenvalue weighted by molar-refractivity contribution is -0.124. The molecule has 0 aromatic carbocycles. The molecular formula is C15H23N5O2. The van der Waals surface area contributed by atoms with Gasteiger partial charge in [-0.2, -0.15) is 0 Å². The highest BCUT2D eigenvalue weighted by atomic mass is 16.5. The number of piperazine rings is 1. The van der Waals surface area contributed by atoms with Crippen LogP contribution in [0.5, 0.6) is 0 Å². The summed E-state index contributed by atoms with van der Waals surface area (Å²) in [5.41, 5.74) is 0. The van der Waals surface area contributed by atoms with Crippen molar-refractivity contribution in [3.8, 4) is 0 Å². The van der Waals surface area contributed by atoms with E-state index in [2.05, 4.69) is 25.5 Å². The second kappa shape index (κ2) is 7.02. The number of aromatic nitrogens is 2. The van der Waals surface area contributed by atoms with Gasteiger partial charge in [0.1, 0.15) is 5.82 Å². The summed E-state index contributed by atoms with van der Waals surface area (Å²) in [5, 5.41) is 6.17. The summed E-state index contributed by atoms with van der Waals surface area (Å²) in [6, 6.07) is 0. The predicted octanol–water partition coefficient (Wildman–Crippen LogP) is 0.640. The largest absolute Gasteiger partial charge is 0.378 e. The monoisotopic (exact) mass is 305 g/mol. The molecule has 0 bridgehead atoms. The molecule has 120 valence electrons. The first-order valence-electron chi connectivity index (χ1n) is 7.92. The van der Waals surface area contributed by atoms with Gasteiger partial charge in [-0.05, 0) is 19.8 Å². The van der Waals surface area contributed by atoms with Crippen LogP contribution in [0, 0.1) is 5.92 Å². The zero-order chi connectivity index (χ0) is 15.4. The maximum absolute atomic E-state index is 12.2. The van der Waals surface area contributed by atoms with Crippen LogP contribution in [-0.4, -0.2) is 54.8 Å². The van der Waals surface area contributed by atoms with Crippen molar-refractivity contribution in [2.24, 2.45) is 5.92 Å². The molecule has 0 spiro atoms. The molecule has 3 rings (SSSR count). The molecule has 7 heteroatoms. The average Bonchev–Trinajstić information content (AvgIpc) is 2.56. The van der Waals surface area contributed by atoms with Crippen LogP contribution in [0.25, 0.3) is 0 Å². The molecule has 2 aliphatic heterocycles. The fraction of sp³-hybridized carbons (Fsp3) is 0.667. The van der Waals surface area contributed by atoms with Gasteiger partial charge in [0.2, 0.25) is 5.91 Å². The Labute approximate surface area is 130 Å². The average molecular weight is 305 g/mol. The second-order valence-corrected chi connectivity index (χ2v) is 5.89. The first-order valence-corrected chi connectivity index (χ1v) is 7.92. The molecule has 2 fully saturated rings. The van der Waals surface area contributed by atoms with Gasteiger partial charge >= 0.3 is 0 Å². The Kier molecular flexibility index (Phi) is 4.84. The van der Waals surface area contributed by atoms with Crippen molar-refractivity contribution in [2.75, 3.05) is 43.0 Å². The highest BCUT2D eigenvalue weighted by Gasteiger charge is 2.25. The van der Waals surface area contributed by atoms with E-state index in [0.717, 1.165) is 44.8 Å². The maximum Gasteiger partial charge on any atom is 0.228 e. The summed E-state index contributed by atoms with van der Waals surface area (Å²) in [6.07, 6.45) is 5.04. The van der Waals surface area contributed by atoms with Gasteiger partial charge in [0.15, 0.2) is 5.82 Å². The number of nitrogens with one attached hydrogen (secondary N) is 2. The van der Waals surface area contributed by atoms with Gasteiger partial charge in [0.05, 0.1) is 18.5 Å². The standard InChI is InChI=1S/C15H23N5O2/c1-11-8-12(2-7-22-11)15(21)19-13-9-18-14(10-17-13)20-5-3-16-4-6-20/h9-12,16H,2-8H2,1H3,(H,17,19,21). The molecule has 3 heterocycles. The van der Waals surface area contributed by atoms with Gasteiger partial charge in [0, 0.05) is 38.7 Å². The van der Waals surface area contributed by atoms with Crippen molar-refractivity contribution < 1.29 is 9.53 Å². The van der Waals surface area contributed by atoms with Crippen LogP contribution in [-0.2, 0) is 9.53 Å². The molecule has 0 saturated carbocycles. The Balaban J connectivity index is 1.57. The zero-order valence-electron chi connectivity index (χ0n) is 12.9. The molecule has 2 aliphatic rings. The molecule has 2 atom stereocenters. The molecule has 1 aromatic rings. The Morgan fingerprint density at radius 3 is 2.86 bits per heavy atom. The van der Waals surface area contributed by atoms with Crippen LogP contribution in [0.1, 0.15) is 19.8 Å². The molecule has 1 aromatic heterocycles. The topological polar surface area (TPSA) is 79.4 Å². The number of amides is 1. The fourth-order valence-electron chi connectivity index (χ4n) is 2.91. The molecule has 0 radical (unpaired) electrons. The third-order valence-electron chi connectivity index (χ3n) is 4.19. The third-order valence-corrected chi connectivity index (χ3v) is 4.19. The normalized spacial score (nSPS) is 25.8. The van der Waals surface area contributed by atoms with E-state index < -0.39 is 0 Å². The van der Waals surface area contributed by atoms with Crippen LogP contribution >= 0.6 is 0 Å². The number of ether oxygens (including phenoxy) is 1. The van der Waals surface area contributed by atoms with E-state index in [0.29, 0.717) is 12.4 Å². The molecule has 0 aliphatic carbocycles. The molecule has 7 nitrogen and oxygen atoms in total. The van der Waals surface area contributed by atoms with Crippen LogP contribution in [0.2, 0.25) is 0 Å². The molecule has 2 N–H and O–H groups in total. The minimum Gasteiger partial charge on any atom is -0.378 e. The summed E-state index contributed by atoms with van der Waals surface area (Å²) in [6.45, 7) is 6.43. The van der Waals surface area contributed by atoms with Crippen molar-refractivity contribution in [2.45, 2.75) is 25.9 Å². The molecule has 1 amide bonds. The zero-order valence-corrected chi connectivity index (χ0v) is 12.9. The van der Waals surface area contributed by atoms with Crippen molar-refractivity contribution in [1.29, 1.82) is 0 Å². The number of carbonyl (C=O) groups is 1. The second-order valence-electron chi connectivity index (χ2n) is 5.89. The molecule has 2 unspecified atom stereocenters. The lowest BCUT2D eigenvalue weighted by Gasteiger charge is -2.28. The van der Waals surface area contributed by atoms with Crippen molar-refractivity contribution in [3.63, 3.8) is 0 Å². The highest BCUT2D eigenvalue weighted by Crippen LogP contribution is 2.21. The Hall–Kier alpha value is -1.73. The summed E-state index contributed by atoms with van der Waals surface area (Å²) in [7, 11) is 0. The van der Waals surface area contributed by atoms with E-state index in [-0.39, 0.29) is 17.9 Å². The van der Waals surface area contributed by atoms with Gasteiger partial charge in [0.25, 0.3) is 0 Å². The first kappa shape index (κ1) is 15.2. The minimum atomic E-state index is -0.00149. The SMILES string of the molecule is CC1CC(C(=O)Nc2cnc(N3CCNCC3)cn2)CCO1. The number of anilines is 2. The van der Waals surface area contributed by atoms with E-state index in [1.165, 1.54) is 0 Å². The summed E-state index contributed by atoms with van der Waals surface area (Å²) in [4.78, 5) is 23.2. The first-order chi connectivity index (χ1) is 10.7. The number of carbonyl (C=O) groups excluding carboxylic acids is 1. The van der Waals surface area contributed by atoms with Crippen LogP contribution < -0.4 is 15.5 Å².